The van der Waals surface area contributed by atoms with Gasteiger partial charge in [-0.3, -0.25) is 0 Å². The minimum Gasteiger partial charge on any atom is -0.478 e. The smallest absolute Gasteiger partial charge is 0.335 e. The summed E-state index contributed by atoms with van der Waals surface area (Å²) in [6, 6.07) is 5.35. The van der Waals surface area contributed by atoms with Crippen LogP contribution in [0.2, 0.25) is 0 Å². The number of hydrogen-bond donors (Lipinski definition) is 1. The Bertz CT molecular complexity index is 581. The van der Waals surface area contributed by atoms with Gasteiger partial charge in [0.15, 0.2) is 0 Å². The molecule has 1 aromatic carbocycles. The van der Waals surface area contributed by atoms with E-state index >= 15 is 0 Å². The van der Waals surface area contributed by atoms with Crippen molar-refractivity contribution in [2.45, 2.75) is 26.7 Å². The highest BCUT2D eigenvalue weighted by molar-refractivity contribution is 5.95. The van der Waals surface area contributed by atoms with Crippen LogP contribution in [0.1, 0.15) is 35.0 Å². The molecule has 1 aromatic heterocycles. The van der Waals surface area contributed by atoms with Gasteiger partial charge in [-0.05, 0) is 37.1 Å². The summed E-state index contributed by atoms with van der Waals surface area (Å²) in [5.74, 6) is -0.865. The Morgan fingerprint density at radius 3 is 2.71 bits per heavy atom. The topological polar surface area (TPSA) is 42.2 Å². The van der Waals surface area contributed by atoms with Crippen molar-refractivity contribution in [3.63, 3.8) is 0 Å². The lowest BCUT2D eigenvalue weighted by atomic mass is 10.0. The monoisotopic (exact) mass is 231 g/mol. The molecule has 0 unspecified atom stereocenters. The van der Waals surface area contributed by atoms with E-state index in [1.165, 1.54) is 11.3 Å². The number of aromatic nitrogens is 1. The molecule has 0 saturated heterocycles. The molecule has 0 atom stereocenters. The molecule has 0 spiro atoms. The largest absolute Gasteiger partial charge is 0.478 e. The third-order valence-electron chi connectivity index (χ3n) is 3.37. The minimum atomic E-state index is -0.865. The first-order valence-corrected chi connectivity index (χ1v) is 5.87. The van der Waals surface area contributed by atoms with E-state index in [0.717, 1.165) is 23.7 Å². The number of benzene rings is 1. The van der Waals surface area contributed by atoms with E-state index in [-0.39, 0.29) is 0 Å². The maximum Gasteiger partial charge on any atom is 0.335 e. The van der Waals surface area contributed by atoms with Crippen LogP contribution in [0.3, 0.4) is 0 Å². The highest BCUT2D eigenvalue weighted by Crippen LogP contribution is 2.27. The Balaban J connectivity index is 2.73. The van der Waals surface area contributed by atoms with Crippen LogP contribution in [0, 0.1) is 6.92 Å². The Labute approximate surface area is 101 Å². The molecule has 17 heavy (non-hydrogen) atoms. The molecule has 1 heterocycles. The van der Waals surface area contributed by atoms with Gasteiger partial charge in [0.25, 0.3) is 0 Å². The van der Waals surface area contributed by atoms with Crippen LogP contribution in [0.5, 0.6) is 0 Å². The summed E-state index contributed by atoms with van der Waals surface area (Å²) in [5, 5.41) is 10.1. The van der Waals surface area contributed by atoms with E-state index in [1.807, 2.05) is 13.1 Å². The number of carboxylic acid groups (broad SMARTS) is 1. The zero-order valence-electron chi connectivity index (χ0n) is 10.4. The van der Waals surface area contributed by atoms with Crippen molar-refractivity contribution in [2.24, 2.45) is 7.05 Å². The third-order valence-corrected chi connectivity index (χ3v) is 3.37. The second-order valence-electron chi connectivity index (χ2n) is 4.41. The molecule has 0 aliphatic carbocycles. The fraction of sp³-hybridized carbons (Fsp3) is 0.357. The zero-order valence-corrected chi connectivity index (χ0v) is 10.4. The van der Waals surface area contributed by atoms with Gasteiger partial charge in [0.1, 0.15) is 0 Å². The van der Waals surface area contributed by atoms with Crippen molar-refractivity contribution in [3.8, 4) is 0 Å². The Kier molecular flexibility index (Phi) is 2.92. The third kappa shape index (κ3) is 1.82. The first kappa shape index (κ1) is 11.7. The average Bonchev–Trinajstić information content (AvgIpc) is 2.54. The fourth-order valence-corrected chi connectivity index (χ4v) is 2.35. The molecule has 0 amide bonds. The summed E-state index contributed by atoms with van der Waals surface area (Å²) in [6.45, 7) is 4.23. The number of hydrogen-bond acceptors (Lipinski definition) is 1. The molecular weight excluding hydrogens is 214 g/mol. The second kappa shape index (κ2) is 4.24. The first-order valence-electron chi connectivity index (χ1n) is 5.87. The molecule has 0 saturated carbocycles. The Morgan fingerprint density at radius 1 is 1.41 bits per heavy atom. The van der Waals surface area contributed by atoms with E-state index in [9.17, 15) is 4.79 Å². The number of rotatable bonds is 3. The number of carbonyl (C=O) groups is 1. The van der Waals surface area contributed by atoms with Crippen molar-refractivity contribution >= 4 is 16.9 Å². The number of nitrogens with zero attached hydrogens (tertiary/aromatic N) is 1. The van der Waals surface area contributed by atoms with Gasteiger partial charge in [-0.15, -0.1) is 0 Å². The van der Waals surface area contributed by atoms with Gasteiger partial charge in [0.05, 0.1) is 5.56 Å². The molecule has 0 aliphatic heterocycles. The molecule has 0 aliphatic rings. The lowest BCUT2D eigenvalue weighted by Gasteiger charge is -1.99. The Hall–Kier alpha value is -1.77. The SMILES string of the molecule is CCCc1c(C)n(C)c2ccc(C(=O)O)cc12. The molecule has 2 rings (SSSR count). The second-order valence-corrected chi connectivity index (χ2v) is 4.41. The van der Waals surface area contributed by atoms with Gasteiger partial charge in [0, 0.05) is 23.6 Å². The molecule has 1 N–H and O–H groups in total. The summed E-state index contributed by atoms with van der Waals surface area (Å²) in [4.78, 5) is 11.0. The van der Waals surface area contributed by atoms with Crippen LogP contribution in [-0.4, -0.2) is 15.6 Å². The molecule has 0 radical (unpaired) electrons. The van der Waals surface area contributed by atoms with Gasteiger partial charge < -0.3 is 9.67 Å². The van der Waals surface area contributed by atoms with Crippen molar-refractivity contribution in [1.82, 2.24) is 4.57 Å². The number of fused-ring (bicyclic) bond motifs is 1. The lowest BCUT2D eigenvalue weighted by Crippen LogP contribution is -1.95. The number of aromatic carboxylic acids is 1. The summed E-state index contributed by atoms with van der Waals surface area (Å²) >= 11 is 0. The normalized spacial score (nSPS) is 11.0. The average molecular weight is 231 g/mol. The summed E-state index contributed by atoms with van der Waals surface area (Å²) in [5.41, 5.74) is 3.97. The van der Waals surface area contributed by atoms with E-state index in [0.29, 0.717) is 5.56 Å². The maximum atomic E-state index is 11.0. The van der Waals surface area contributed by atoms with Crippen LogP contribution < -0.4 is 0 Å². The van der Waals surface area contributed by atoms with Crippen molar-refractivity contribution in [1.29, 1.82) is 0 Å². The van der Waals surface area contributed by atoms with Crippen molar-refractivity contribution in [2.75, 3.05) is 0 Å². The van der Waals surface area contributed by atoms with E-state index in [2.05, 4.69) is 18.4 Å². The van der Waals surface area contributed by atoms with E-state index < -0.39 is 5.97 Å². The highest BCUT2D eigenvalue weighted by atomic mass is 16.4. The number of aryl methyl sites for hydroxylation is 2. The lowest BCUT2D eigenvalue weighted by molar-refractivity contribution is 0.0697. The predicted octanol–water partition coefficient (Wildman–Crippen LogP) is 3.14. The minimum absolute atomic E-state index is 0.362. The highest BCUT2D eigenvalue weighted by Gasteiger charge is 2.13. The molecular formula is C14H17NO2. The van der Waals surface area contributed by atoms with Crippen LogP contribution in [0.15, 0.2) is 18.2 Å². The van der Waals surface area contributed by atoms with Crippen LogP contribution in [0.25, 0.3) is 10.9 Å². The number of carboxylic acids is 1. The van der Waals surface area contributed by atoms with Crippen LogP contribution >= 0.6 is 0 Å². The standard InChI is InChI=1S/C14H17NO2/c1-4-5-11-9(2)15(3)13-7-6-10(14(16)17)8-12(11)13/h6-8H,4-5H2,1-3H3,(H,16,17). The van der Waals surface area contributed by atoms with Gasteiger partial charge in [0.2, 0.25) is 0 Å². The van der Waals surface area contributed by atoms with Crippen LogP contribution in [-0.2, 0) is 13.5 Å². The van der Waals surface area contributed by atoms with Gasteiger partial charge in [-0.1, -0.05) is 13.3 Å². The predicted molar refractivity (Wildman–Crippen MR) is 68.6 cm³/mol. The molecule has 3 heteroatoms. The Morgan fingerprint density at radius 2 is 2.12 bits per heavy atom. The van der Waals surface area contributed by atoms with Gasteiger partial charge in [-0.25, -0.2) is 4.79 Å². The van der Waals surface area contributed by atoms with Crippen molar-refractivity contribution < 1.29 is 9.90 Å². The van der Waals surface area contributed by atoms with E-state index in [1.54, 1.807) is 12.1 Å². The van der Waals surface area contributed by atoms with E-state index in [4.69, 9.17) is 5.11 Å². The molecule has 2 aromatic rings. The van der Waals surface area contributed by atoms with Gasteiger partial charge >= 0.3 is 5.97 Å². The first-order chi connectivity index (χ1) is 8.06. The van der Waals surface area contributed by atoms with Crippen LogP contribution in [0.4, 0.5) is 0 Å². The molecule has 0 fully saturated rings. The summed E-state index contributed by atoms with van der Waals surface area (Å²) < 4.78 is 2.13. The summed E-state index contributed by atoms with van der Waals surface area (Å²) in [6.07, 6.45) is 2.06. The fourth-order valence-electron chi connectivity index (χ4n) is 2.35. The molecule has 3 nitrogen and oxygen atoms in total. The zero-order chi connectivity index (χ0) is 12.6. The molecule has 0 bridgehead atoms. The quantitative estimate of drug-likeness (QED) is 0.881. The van der Waals surface area contributed by atoms with Crippen molar-refractivity contribution in [3.05, 3.63) is 35.0 Å². The maximum absolute atomic E-state index is 11.0. The van der Waals surface area contributed by atoms with Gasteiger partial charge in [-0.2, -0.15) is 0 Å². The summed E-state index contributed by atoms with van der Waals surface area (Å²) in [7, 11) is 2.03. The molecule has 90 valence electrons.